The SMILES string of the molecule is COc1cccc(-c2cc(COC(=O)Cc3ccc(F)cc3)no2)c1. The molecule has 6 heteroatoms. The van der Waals surface area contributed by atoms with Gasteiger partial charge in [0, 0.05) is 11.6 Å². The molecule has 25 heavy (non-hydrogen) atoms. The van der Waals surface area contributed by atoms with E-state index in [9.17, 15) is 9.18 Å². The van der Waals surface area contributed by atoms with Crippen LogP contribution in [-0.2, 0) is 22.6 Å². The van der Waals surface area contributed by atoms with Crippen molar-refractivity contribution < 1.29 is 23.2 Å². The molecule has 0 radical (unpaired) electrons. The van der Waals surface area contributed by atoms with E-state index >= 15 is 0 Å². The number of benzene rings is 2. The van der Waals surface area contributed by atoms with Crippen molar-refractivity contribution in [2.24, 2.45) is 0 Å². The number of nitrogens with zero attached hydrogens (tertiary/aromatic N) is 1. The number of esters is 1. The Hall–Kier alpha value is -3.15. The maximum absolute atomic E-state index is 12.8. The van der Waals surface area contributed by atoms with E-state index in [-0.39, 0.29) is 18.8 Å². The van der Waals surface area contributed by atoms with Crippen molar-refractivity contribution in [1.29, 1.82) is 0 Å². The van der Waals surface area contributed by atoms with Gasteiger partial charge in [0.2, 0.25) is 0 Å². The van der Waals surface area contributed by atoms with Crippen LogP contribution in [0.3, 0.4) is 0 Å². The van der Waals surface area contributed by atoms with Crippen LogP contribution in [0.4, 0.5) is 4.39 Å². The quantitative estimate of drug-likeness (QED) is 0.639. The molecule has 0 amide bonds. The standard InChI is InChI=1S/C19H16FNO4/c1-23-17-4-2-3-14(10-17)18-11-16(21-25-18)12-24-19(22)9-13-5-7-15(20)8-6-13/h2-8,10-11H,9,12H2,1H3. The molecular formula is C19H16FNO4. The van der Waals surface area contributed by atoms with Gasteiger partial charge in [0.1, 0.15) is 23.9 Å². The summed E-state index contributed by atoms with van der Waals surface area (Å²) < 4.78 is 28.5. The van der Waals surface area contributed by atoms with Crippen LogP contribution < -0.4 is 4.74 Å². The molecule has 1 aromatic heterocycles. The second-order valence-electron chi connectivity index (χ2n) is 5.38. The normalized spacial score (nSPS) is 10.5. The van der Waals surface area contributed by atoms with Gasteiger partial charge in [0.25, 0.3) is 0 Å². The summed E-state index contributed by atoms with van der Waals surface area (Å²) in [6.45, 7) is 0.00744. The number of carbonyl (C=O) groups excluding carboxylic acids is 1. The van der Waals surface area contributed by atoms with E-state index < -0.39 is 5.97 Å². The molecule has 0 aliphatic heterocycles. The zero-order valence-corrected chi connectivity index (χ0v) is 13.6. The summed E-state index contributed by atoms with van der Waals surface area (Å²) >= 11 is 0. The van der Waals surface area contributed by atoms with Gasteiger partial charge < -0.3 is 14.0 Å². The molecule has 0 aliphatic carbocycles. The fraction of sp³-hybridized carbons (Fsp3) is 0.158. The Kier molecular flexibility index (Phi) is 5.09. The highest BCUT2D eigenvalue weighted by Gasteiger charge is 2.11. The maximum Gasteiger partial charge on any atom is 0.310 e. The average Bonchev–Trinajstić information content (AvgIpc) is 3.11. The Morgan fingerprint density at radius 1 is 1.16 bits per heavy atom. The molecule has 0 atom stereocenters. The lowest BCUT2D eigenvalue weighted by atomic mass is 10.1. The molecule has 0 bridgehead atoms. The number of hydrogen-bond donors (Lipinski definition) is 0. The maximum atomic E-state index is 12.8. The first-order valence-electron chi connectivity index (χ1n) is 7.64. The predicted octanol–water partition coefficient (Wildman–Crippen LogP) is 3.78. The molecule has 1 heterocycles. The Morgan fingerprint density at radius 3 is 2.72 bits per heavy atom. The van der Waals surface area contributed by atoms with E-state index in [0.717, 1.165) is 5.56 Å². The highest BCUT2D eigenvalue weighted by Crippen LogP contribution is 2.24. The fourth-order valence-electron chi connectivity index (χ4n) is 2.27. The molecule has 0 unspecified atom stereocenters. The van der Waals surface area contributed by atoms with Crippen LogP contribution in [0.2, 0.25) is 0 Å². The van der Waals surface area contributed by atoms with Gasteiger partial charge >= 0.3 is 5.97 Å². The highest BCUT2D eigenvalue weighted by atomic mass is 19.1. The smallest absolute Gasteiger partial charge is 0.310 e. The molecule has 0 saturated heterocycles. The molecular weight excluding hydrogens is 325 g/mol. The topological polar surface area (TPSA) is 61.6 Å². The van der Waals surface area contributed by atoms with Crippen LogP contribution in [0.5, 0.6) is 5.75 Å². The minimum absolute atomic E-state index is 0.00744. The van der Waals surface area contributed by atoms with E-state index in [1.165, 1.54) is 12.1 Å². The molecule has 0 N–H and O–H groups in total. The van der Waals surface area contributed by atoms with Gasteiger partial charge in [-0.15, -0.1) is 0 Å². The van der Waals surface area contributed by atoms with Gasteiger partial charge in [-0.1, -0.05) is 29.4 Å². The monoisotopic (exact) mass is 341 g/mol. The molecule has 0 aliphatic rings. The van der Waals surface area contributed by atoms with Gasteiger partial charge in [-0.3, -0.25) is 4.79 Å². The largest absolute Gasteiger partial charge is 0.497 e. The zero-order valence-electron chi connectivity index (χ0n) is 13.6. The van der Waals surface area contributed by atoms with Gasteiger partial charge in [-0.25, -0.2) is 4.39 Å². The summed E-state index contributed by atoms with van der Waals surface area (Å²) in [5.41, 5.74) is 2.00. The zero-order chi connectivity index (χ0) is 17.6. The third-order valence-electron chi connectivity index (χ3n) is 3.56. The summed E-state index contributed by atoms with van der Waals surface area (Å²) in [7, 11) is 1.59. The molecule has 3 aromatic rings. The van der Waals surface area contributed by atoms with Crippen molar-refractivity contribution in [2.75, 3.05) is 7.11 Å². The van der Waals surface area contributed by atoms with Gasteiger partial charge in [0.15, 0.2) is 5.76 Å². The number of halogens is 1. The molecule has 3 rings (SSSR count). The van der Waals surface area contributed by atoms with E-state index in [2.05, 4.69) is 5.16 Å². The number of methoxy groups -OCH3 is 1. The molecule has 0 spiro atoms. The first-order valence-corrected chi connectivity index (χ1v) is 7.64. The number of ether oxygens (including phenoxy) is 2. The lowest BCUT2D eigenvalue weighted by Gasteiger charge is -2.02. The summed E-state index contributed by atoms with van der Waals surface area (Å²) in [6, 6.07) is 14.8. The summed E-state index contributed by atoms with van der Waals surface area (Å²) in [5.74, 6) is 0.506. The Balaban J connectivity index is 1.57. The van der Waals surface area contributed by atoms with Gasteiger partial charge in [0.05, 0.1) is 13.5 Å². The van der Waals surface area contributed by atoms with Gasteiger partial charge in [-0.05, 0) is 29.8 Å². The highest BCUT2D eigenvalue weighted by molar-refractivity contribution is 5.72. The molecule has 0 fully saturated rings. The fourth-order valence-corrected chi connectivity index (χ4v) is 2.27. The van der Waals surface area contributed by atoms with Crippen molar-refractivity contribution in [3.05, 3.63) is 71.7 Å². The van der Waals surface area contributed by atoms with Crippen molar-refractivity contribution >= 4 is 5.97 Å². The molecule has 2 aromatic carbocycles. The molecule has 128 valence electrons. The lowest BCUT2D eigenvalue weighted by molar-refractivity contribution is -0.144. The second-order valence-corrected chi connectivity index (χ2v) is 5.38. The summed E-state index contributed by atoms with van der Waals surface area (Å²) in [5, 5.41) is 3.90. The lowest BCUT2D eigenvalue weighted by Crippen LogP contribution is -2.08. The van der Waals surface area contributed by atoms with E-state index in [0.29, 0.717) is 22.8 Å². The summed E-state index contributed by atoms with van der Waals surface area (Å²) in [4.78, 5) is 11.8. The molecule has 0 saturated carbocycles. The summed E-state index contributed by atoms with van der Waals surface area (Å²) in [6.07, 6.45) is 0.0703. The van der Waals surface area contributed by atoms with Crippen molar-refractivity contribution in [3.8, 4) is 17.1 Å². The number of aromatic nitrogens is 1. The van der Waals surface area contributed by atoms with E-state index in [1.807, 2.05) is 24.3 Å². The van der Waals surface area contributed by atoms with E-state index in [4.69, 9.17) is 14.0 Å². The van der Waals surface area contributed by atoms with Crippen molar-refractivity contribution in [2.45, 2.75) is 13.0 Å². The third kappa shape index (κ3) is 4.44. The first-order chi connectivity index (χ1) is 12.1. The van der Waals surface area contributed by atoms with Crippen LogP contribution in [0.25, 0.3) is 11.3 Å². The van der Waals surface area contributed by atoms with E-state index in [1.54, 1.807) is 25.3 Å². The van der Waals surface area contributed by atoms with Crippen LogP contribution in [-0.4, -0.2) is 18.2 Å². The Bertz CT molecular complexity index is 858. The van der Waals surface area contributed by atoms with Crippen molar-refractivity contribution in [1.82, 2.24) is 5.16 Å². The predicted molar refractivity (Wildman–Crippen MR) is 88.4 cm³/mol. The Morgan fingerprint density at radius 2 is 1.96 bits per heavy atom. The third-order valence-corrected chi connectivity index (χ3v) is 3.56. The van der Waals surface area contributed by atoms with Crippen LogP contribution >= 0.6 is 0 Å². The minimum atomic E-state index is -0.419. The molecule has 5 nitrogen and oxygen atoms in total. The first kappa shape index (κ1) is 16.7. The minimum Gasteiger partial charge on any atom is -0.497 e. The van der Waals surface area contributed by atoms with Gasteiger partial charge in [-0.2, -0.15) is 0 Å². The average molecular weight is 341 g/mol. The second kappa shape index (κ2) is 7.61. The Labute approximate surface area is 144 Å². The van der Waals surface area contributed by atoms with Crippen LogP contribution in [0.1, 0.15) is 11.3 Å². The number of carbonyl (C=O) groups is 1. The van der Waals surface area contributed by atoms with Crippen molar-refractivity contribution in [3.63, 3.8) is 0 Å². The van der Waals surface area contributed by atoms with Crippen LogP contribution in [0.15, 0.2) is 59.1 Å². The van der Waals surface area contributed by atoms with Crippen LogP contribution in [0, 0.1) is 5.82 Å². The number of rotatable bonds is 6. The number of hydrogen-bond acceptors (Lipinski definition) is 5.